The van der Waals surface area contributed by atoms with E-state index in [0.29, 0.717) is 5.56 Å². The summed E-state index contributed by atoms with van der Waals surface area (Å²) >= 11 is 0. The molecule has 1 atom stereocenters. The van der Waals surface area contributed by atoms with E-state index in [1.165, 1.54) is 11.9 Å². The highest BCUT2D eigenvalue weighted by Crippen LogP contribution is 2.12. The van der Waals surface area contributed by atoms with Gasteiger partial charge in [-0.1, -0.05) is 19.1 Å². The number of aromatic nitrogens is 3. The molecule has 1 amide bonds. The van der Waals surface area contributed by atoms with Crippen molar-refractivity contribution in [3.05, 3.63) is 47.5 Å². The van der Waals surface area contributed by atoms with Gasteiger partial charge < -0.3 is 10.2 Å². The molecule has 1 aromatic carbocycles. The van der Waals surface area contributed by atoms with E-state index < -0.39 is 0 Å². The van der Waals surface area contributed by atoms with Gasteiger partial charge in [0, 0.05) is 18.7 Å². The molecule has 2 aromatic rings. The van der Waals surface area contributed by atoms with Crippen molar-refractivity contribution in [3.63, 3.8) is 0 Å². The molecule has 0 saturated carbocycles. The van der Waals surface area contributed by atoms with Crippen molar-refractivity contribution in [1.29, 1.82) is 0 Å². The minimum absolute atomic E-state index is 0.0973. The van der Waals surface area contributed by atoms with E-state index in [1.54, 1.807) is 0 Å². The van der Waals surface area contributed by atoms with Gasteiger partial charge in [-0.3, -0.25) is 4.79 Å². The Labute approximate surface area is 137 Å². The summed E-state index contributed by atoms with van der Waals surface area (Å²) in [5.74, 6) is 0.685. The van der Waals surface area contributed by atoms with Crippen LogP contribution in [0.5, 0.6) is 0 Å². The molecule has 0 bridgehead atoms. The minimum atomic E-state index is -0.182. The summed E-state index contributed by atoms with van der Waals surface area (Å²) in [4.78, 5) is 18.7. The van der Waals surface area contributed by atoms with Crippen LogP contribution in [-0.2, 0) is 13.1 Å². The number of nitrogens with one attached hydrogen (secondary N) is 1. The van der Waals surface area contributed by atoms with E-state index in [0.717, 1.165) is 25.3 Å². The van der Waals surface area contributed by atoms with Crippen LogP contribution >= 0.6 is 0 Å². The lowest BCUT2D eigenvalue weighted by Crippen LogP contribution is -2.29. The molecular weight excluding hydrogens is 290 g/mol. The Morgan fingerprint density at radius 2 is 2.00 bits per heavy atom. The van der Waals surface area contributed by atoms with Crippen LogP contribution in [0.4, 0.5) is 0 Å². The van der Waals surface area contributed by atoms with Gasteiger partial charge in [0.05, 0.1) is 6.04 Å². The van der Waals surface area contributed by atoms with Crippen LogP contribution in [0.1, 0.15) is 48.1 Å². The Hall–Kier alpha value is -2.21. The number of amides is 1. The van der Waals surface area contributed by atoms with Crippen molar-refractivity contribution in [3.8, 4) is 0 Å². The van der Waals surface area contributed by atoms with Gasteiger partial charge in [-0.05, 0) is 45.1 Å². The molecule has 0 aliphatic rings. The van der Waals surface area contributed by atoms with Gasteiger partial charge >= 0.3 is 0 Å². The van der Waals surface area contributed by atoms with Crippen molar-refractivity contribution in [2.45, 2.75) is 39.4 Å². The Morgan fingerprint density at radius 3 is 2.61 bits per heavy atom. The zero-order valence-electron chi connectivity index (χ0n) is 14.3. The van der Waals surface area contributed by atoms with Crippen molar-refractivity contribution >= 4 is 5.91 Å². The molecular formula is C17H25N5O. The molecule has 0 aliphatic carbocycles. The van der Waals surface area contributed by atoms with Gasteiger partial charge in [0.25, 0.3) is 5.91 Å². The second kappa shape index (κ2) is 7.87. The fraction of sp³-hybridized carbons (Fsp3) is 0.471. The third-order valence-corrected chi connectivity index (χ3v) is 3.53. The third kappa shape index (κ3) is 4.63. The molecule has 0 spiro atoms. The van der Waals surface area contributed by atoms with Gasteiger partial charge in [-0.2, -0.15) is 5.10 Å². The van der Waals surface area contributed by atoms with Crippen LogP contribution in [-0.4, -0.2) is 39.7 Å². The van der Waals surface area contributed by atoms with Crippen LogP contribution < -0.4 is 5.32 Å². The smallest absolute Gasteiger partial charge is 0.251 e. The Bertz CT molecular complexity index is 633. The summed E-state index contributed by atoms with van der Waals surface area (Å²) in [5.41, 5.74) is 1.84. The lowest BCUT2D eigenvalue weighted by Gasteiger charge is -2.15. The van der Waals surface area contributed by atoms with Gasteiger partial charge in [-0.25, -0.2) is 9.67 Å². The number of carbonyl (C=O) groups excluding carboxylic acids is 1. The summed E-state index contributed by atoms with van der Waals surface area (Å²) in [6.07, 6.45) is 2.51. The largest absolute Gasteiger partial charge is 0.342 e. The molecule has 2 rings (SSSR count). The maximum atomic E-state index is 12.4. The SMILES string of the molecule is CCCn1ncnc1C(C)NC(=O)c1ccc(CN(C)C)cc1. The normalized spacial score (nSPS) is 12.4. The van der Waals surface area contributed by atoms with Crippen LogP contribution in [0.25, 0.3) is 0 Å². The number of hydrogen-bond donors (Lipinski definition) is 1. The third-order valence-electron chi connectivity index (χ3n) is 3.53. The van der Waals surface area contributed by atoms with Crippen LogP contribution in [0.2, 0.25) is 0 Å². The second-order valence-corrected chi connectivity index (χ2v) is 5.97. The van der Waals surface area contributed by atoms with Crippen LogP contribution in [0.15, 0.2) is 30.6 Å². The van der Waals surface area contributed by atoms with Crippen molar-refractivity contribution < 1.29 is 4.79 Å². The Balaban J connectivity index is 2.01. The molecule has 23 heavy (non-hydrogen) atoms. The highest BCUT2D eigenvalue weighted by Gasteiger charge is 2.16. The Morgan fingerprint density at radius 1 is 1.30 bits per heavy atom. The van der Waals surface area contributed by atoms with E-state index in [2.05, 4.69) is 27.2 Å². The highest BCUT2D eigenvalue weighted by molar-refractivity contribution is 5.94. The van der Waals surface area contributed by atoms with Gasteiger partial charge in [0.2, 0.25) is 0 Å². The van der Waals surface area contributed by atoms with Crippen LogP contribution in [0.3, 0.4) is 0 Å². The average Bonchev–Trinajstić information content (AvgIpc) is 2.96. The number of carbonyl (C=O) groups is 1. The summed E-state index contributed by atoms with van der Waals surface area (Å²) in [6, 6.07) is 7.51. The monoisotopic (exact) mass is 315 g/mol. The summed E-state index contributed by atoms with van der Waals surface area (Å²) < 4.78 is 1.84. The first-order valence-electron chi connectivity index (χ1n) is 7.93. The number of benzene rings is 1. The average molecular weight is 315 g/mol. The highest BCUT2D eigenvalue weighted by atomic mass is 16.1. The molecule has 1 N–H and O–H groups in total. The molecule has 1 heterocycles. The van der Waals surface area contributed by atoms with Crippen LogP contribution in [0, 0.1) is 0 Å². The first-order valence-corrected chi connectivity index (χ1v) is 7.93. The van der Waals surface area contributed by atoms with Crippen molar-refractivity contribution in [1.82, 2.24) is 25.0 Å². The summed E-state index contributed by atoms with van der Waals surface area (Å²) in [6.45, 7) is 5.67. The van der Waals surface area contributed by atoms with Gasteiger partial charge in [-0.15, -0.1) is 0 Å². The summed E-state index contributed by atoms with van der Waals surface area (Å²) in [5, 5.41) is 7.18. The second-order valence-electron chi connectivity index (χ2n) is 5.97. The van der Waals surface area contributed by atoms with E-state index in [-0.39, 0.29) is 11.9 Å². The molecule has 1 aromatic heterocycles. The molecule has 0 radical (unpaired) electrons. The topological polar surface area (TPSA) is 63.1 Å². The van der Waals surface area contributed by atoms with E-state index in [1.807, 2.05) is 50.0 Å². The van der Waals surface area contributed by atoms with Crippen molar-refractivity contribution in [2.24, 2.45) is 0 Å². The predicted molar refractivity (Wildman–Crippen MR) is 90.0 cm³/mol. The fourth-order valence-electron chi connectivity index (χ4n) is 2.46. The van der Waals surface area contributed by atoms with Gasteiger partial charge in [0.15, 0.2) is 0 Å². The van der Waals surface area contributed by atoms with Crippen molar-refractivity contribution in [2.75, 3.05) is 14.1 Å². The maximum absolute atomic E-state index is 12.4. The first kappa shape index (κ1) is 17.1. The van der Waals surface area contributed by atoms with E-state index >= 15 is 0 Å². The number of aryl methyl sites for hydroxylation is 1. The molecule has 0 aliphatic heterocycles. The van der Waals surface area contributed by atoms with E-state index in [4.69, 9.17) is 0 Å². The van der Waals surface area contributed by atoms with E-state index in [9.17, 15) is 4.79 Å². The predicted octanol–water partition coefficient (Wildman–Crippen LogP) is 2.24. The molecule has 0 saturated heterocycles. The summed E-state index contributed by atoms with van der Waals surface area (Å²) in [7, 11) is 4.05. The number of rotatable bonds is 7. The number of hydrogen-bond acceptors (Lipinski definition) is 4. The Kier molecular flexibility index (Phi) is 5.87. The minimum Gasteiger partial charge on any atom is -0.342 e. The molecule has 0 fully saturated rings. The lowest BCUT2D eigenvalue weighted by molar-refractivity contribution is 0.0937. The molecule has 6 heteroatoms. The fourth-order valence-corrected chi connectivity index (χ4v) is 2.46. The zero-order valence-corrected chi connectivity index (χ0v) is 14.3. The lowest BCUT2D eigenvalue weighted by atomic mass is 10.1. The quantitative estimate of drug-likeness (QED) is 0.851. The number of nitrogens with zero attached hydrogens (tertiary/aromatic N) is 4. The standard InChI is InChI=1S/C17H25N5O/c1-5-10-22-16(18-12-19-22)13(2)20-17(23)15-8-6-14(7-9-15)11-21(3)4/h6-9,12-13H,5,10-11H2,1-4H3,(H,20,23). The maximum Gasteiger partial charge on any atom is 0.251 e. The first-order chi connectivity index (χ1) is 11.0. The molecule has 124 valence electrons. The molecule has 1 unspecified atom stereocenters. The zero-order chi connectivity index (χ0) is 16.8. The van der Waals surface area contributed by atoms with Gasteiger partial charge in [0.1, 0.15) is 12.2 Å². The molecule has 6 nitrogen and oxygen atoms in total.